The minimum atomic E-state index is -1.07. The molecular weight excluding hydrogens is 282 g/mol. The number of carbonyl (C=O) groups is 1. The molecule has 1 aliphatic heterocycles. The van der Waals surface area contributed by atoms with Crippen molar-refractivity contribution in [2.45, 2.75) is 18.9 Å². The Morgan fingerprint density at radius 3 is 2.73 bits per heavy atom. The second kappa shape index (κ2) is 5.76. The monoisotopic (exact) mass is 301 g/mol. The van der Waals surface area contributed by atoms with Crippen LogP contribution in [0.25, 0.3) is 11.1 Å². The highest BCUT2D eigenvalue weighted by Gasteiger charge is 2.19. The number of carboxylic acid groups (broad SMARTS) is 1. The van der Waals surface area contributed by atoms with E-state index in [1.165, 1.54) is 0 Å². The van der Waals surface area contributed by atoms with Gasteiger partial charge in [0.1, 0.15) is 11.4 Å². The van der Waals surface area contributed by atoms with Crippen LogP contribution in [0.5, 0.6) is 0 Å². The Bertz CT molecular complexity index is 689. The van der Waals surface area contributed by atoms with Gasteiger partial charge in [0.15, 0.2) is 0 Å². The summed E-state index contributed by atoms with van der Waals surface area (Å²) in [4.78, 5) is 17.4. The lowest BCUT2D eigenvalue weighted by atomic mass is 10.1. The van der Waals surface area contributed by atoms with Gasteiger partial charge in [-0.2, -0.15) is 5.10 Å². The number of nitrogens with zero attached hydrogens (tertiary/aromatic N) is 4. The molecule has 0 spiro atoms. The van der Waals surface area contributed by atoms with Crippen LogP contribution < -0.4 is 5.73 Å². The van der Waals surface area contributed by atoms with Gasteiger partial charge in [-0.05, 0) is 39.0 Å². The Morgan fingerprint density at radius 2 is 2.05 bits per heavy atom. The predicted molar refractivity (Wildman–Crippen MR) is 82.6 cm³/mol. The number of rotatable bonds is 3. The summed E-state index contributed by atoms with van der Waals surface area (Å²) in [6.45, 7) is 2.12. The molecule has 7 heteroatoms. The normalized spacial score (nSPS) is 16.8. The first kappa shape index (κ1) is 14.5. The molecule has 0 bridgehead atoms. The van der Waals surface area contributed by atoms with Gasteiger partial charge in [0.05, 0.1) is 12.2 Å². The Hall–Kier alpha value is -2.41. The molecule has 2 aromatic heterocycles. The van der Waals surface area contributed by atoms with Crippen molar-refractivity contribution >= 4 is 11.8 Å². The molecule has 1 saturated heterocycles. The van der Waals surface area contributed by atoms with Gasteiger partial charge < -0.3 is 15.7 Å². The summed E-state index contributed by atoms with van der Waals surface area (Å²) in [5.41, 5.74) is 7.17. The predicted octanol–water partition coefficient (Wildman–Crippen LogP) is 1.49. The van der Waals surface area contributed by atoms with Gasteiger partial charge in [-0.3, -0.25) is 4.68 Å². The molecule has 1 aliphatic rings. The Balaban J connectivity index is 1.85. The molecule has 0 atom stereocenters. The van der Waals surface area contributed by atoms with Gasteiger partial charge in [0, 0.05) is 23.5 Å². The second-order valence-electron chi connectivity index (χ2n) is 5.71. The van der Waals surface area contributed by atoms with Crippen molar-refractivity contribution < 1.29 is 9.90 Å². The van der Waals surface area contributed by atoms with Crippen molar-refractivity contribution in [2.24, 2.45) is 0 Å². The fourth-order valence-electron chi connectivity index (χ4n) is 2.75. The third-order valence-corrected chi connectivity index (χ3v) is 4.15. The molecule has 0 aliphatic carbocycles. The fourth-order valence-corrected chi connectivity index (χ4v) is 2.75. The zero-order valence-electron chi connectivity index (χ0n) is 12.4. The maximum atomic E-state index is 11.1. The molecule has 0 saturated carbocycles. The molecule has 1 fully saturated rings. The summed E-state index contributed by atoms with van der Waals surface area (Å²) in [7, 11) is 2.12. The van der Waals surface area contributed by atoms with Crippen LogP contribution in [0.4, 0.5) is 5.82 Å². The van der Waals surface area contributed by atoms with Gasteiger partial charge in [-0.1, -0.05) is 0 Å². The molecule has 3 heterocycles. The Morgan fingerprint density at radius 1 is 1.32 bits per heavy atom. The minimum absolute atomic E-state index is 0.0181. The molecule has 0 unspecified atom stereocenters. The average Bonchev–Trinajstić information content (AvgIpc) is 2.98. The zero-order valence-corrected chi connectivity index (χ0v) is 12.4. The summed E-state index contributed by atoms with van der Waals surface area (Å²) in [6, 6.07) is 1.94. The van der Waals surface area contributed by atoms with E-state index in [1.54, 1.807) is 18.5 Å². The quantitative estimate of drug-likeness (QED) is 0.891. The number of anilines is 1. The van der Waals surface area contributed by atoms with Crippen LogP contribution in [-0.4, -0.2) is 50.9 Å². The summed E-state index contributed by atoms with van der Waals surface area (Å²) in [5.74, 6) is -1.05. The van der Waals surface area contributed by atoms with Gasteiger partial charge in [-0.15, -0.1) is 0 Å². The third kappa shape index (κ3) is 2.80. The topological polar surface area (TPSA) is 97.3 Å². The molecule has 2 aromatic rings. The van der Waals surface area contributed by atoms with Crippen LogP contribution >= 0.6 is 0 Å². The van der Waals surface area contributed by atoms with Gasteiger partial charge in [0.2, 0.25) is 0 Å². The number of aromatic carboxylic acids is 1. The van der Waals surface area contributed by atoms with E-state index in [0.29, 0.717) is 11.6 Å². The number of hydrogen-bond donors (Lipinski definition) is 2. The van der Waals surface area contributed by atoms with E-state index in [1.807, 2.05) is 10.9 Å². The van der Waals surface area contributed by atoms with Crippen LogP contribution in [-0.2, 0) is 0 Å². The first-order valence-corrected chi connectivity index (χ1v) is 7.26. The number of nitrogens with two attached hydrogens (primary N) is 1. The van der Waals surface area contributed by atoms with Gasteiger partial charge >= 0.3 is 5.97 Å². The molecule has 0 aromatic carbocycles. The molecular formula is C15H19N5O2. The number of aromatic nitrogens is 3. The summed E-state index contributed by atoms with van der Waals surface area (Å²) in [5, 5.41) is 13.6. The van der Waals surface area contributed by atoms with E-state index in [4.69, 9.17) is 10.8 Å². The highest BCUT2D eigenvalue weighted by Crippen LogP contribution is 2.26. The largest absolute Gasteiger partial charge is 0.478 e. The first-order chi connectivity index (χ1) is 10.5. The standard InChI is InChI=1S/C15H19N5O2/c1-19-4-2-12(3-5-19)20-9-11(8-18-20)10-6-13(15(21)22)14(16)17-7-10/h6-9,12H,2-5H2,1H3,(H2,16,17)(H,21,22). The molecule has 0 radical (unpaired) electrons. The van der Waals surface area contributed by atoms with Crippen molar-refractivity contribution in [3.8, 4) is 11.1 Å². The SMILES string of the molecule is CN1CCC(n2cc(-c3cnc(N)c(C(=O)O)c3)cn2)CC1. The van der Waals surface area contributed by atoms with Crippen LogP contribution in [0.1, 0.15) is 29.2 Å². The highest BCUT2D eigenvalue weighted by molar-refractivity contribution is 5.94. The summed E-state index contributed by atoms with van der Waals surface area (Å²) in [6.07, 6.45) is 7.42. The third-order valence-electron chi connectivity index (χ3n) is 4.15. The molecule has 3 N–H and O–H groups in total. The van der Waals surface area contributed by atoms with Crippen LogP contribution in [0.2, 0.25) is 0 Å². The van der Waals surface area contributed by atoms with Gasteiger partial charge in [0.25, 0.3) is 0 Å². The molecule has 0 amide bonds. The number of piperidine rings is 1. The lowest BCUT2D eigenvalue weighted by Gasteiger charge is -2.28. The van der Waals surface area contributed by atoms with E-state index >= 15 is 0 Å². The van der Waals surface area contributed by atoms with Crippen LogP contribution in [0.3, 0.4) is 0 Å². The van der Waals surface area contributed by atoms with Crippen LogP contribution in [0.15, 0.2) is 24.7 Å². The van der Waals surface area contributed by atoms with E-state index in [0.717, 1.165) is 31.5 Å². The summed E-state index contributed by atoms with van der Waals surface area (Å²) >= 11 is 0. The maximum absolute atomic E-state index is 11.1. The summed E-state index contributed by atoms with van der Waals surface area (Å²) < 4.78 is 1.97. The smallest absolute Gasteiger partial charge is 0.339 e. The Kier molecular flexibility index (Phi) is 3.81. The lowest BCUT2D eigenvalue weighted by Crippen LogP contribution is -2.31. The second-order valence-corrected chi connectivity index (χ2v) is 5.71. The van der Waals surface area contributed by atoms with Crippen molar-refractivity contribution in [1.82, 2.24) is 19.7 Å². The highest BCUT2D eigenvalue weighted by atomic mass is 16.4. The molecule has 116 valence electrons. The van der Waals surface area contributed by atoms with Crippen molar-refractivity contribution in [2.75, 3.05) is 25.9 Å². The van der Waals surface area contributed by atoms with Crippen molar-refractivity contribution in [1.29, 1.82) is 0 Å². The van der Waals surface area contributed by atoms with E-state index < -0.39 is 5.97 Å². The molecule has 7 nitrogen and oxygen atoms in total. The van der Waals surface area contributed by atoms with Crippen molar-refractivity contribution in [3.63, 3.8) is 0 Å². The maximum Gasteiger partial charge on any atom is 0.339 e. The zero-order chi connectivity index (χ0) is 15.7. The van der Waals surface area contributed by atoms with Gasteiger partial charge in [-0.25, -0.2) is 9.78 Å². The molecule has 3 rings (SSSR count). The average molecular weight is 301 g/mol. The first-order valence-electron chi connectivity index (χ1n) is 7.26. The number of likely N-dealkylation sites (tertiary alicyclic amines) is 1. The fraction of sp³-hybridized carbons (Fsp3) is 0.400. The number of hydrogen-bond acceptors (Lipinski definition) is 5. The lowest BCUT2D eigenvalue weighted by molar-refractivity contribution is 0.0697. The number of nitrogen functional groups attached to an aromatic ring is 1. The Labute approximate surface area is 128 Å². The van der Waals surface area contributed by atoms with E-state index in [2.05, 4.69) is 22.0 Å². The molecule has 22 heavy (non-hydrogen) atoms. The van der Waals surface area contributed by atoms with Crippen LogP contribution in [0, 0.1) is 0 Å². The number of carboxylic acids is 1. The van der Waals surface area contributed by atoms with Crippen molar-refractivity contribution in [3.05, 3.63) is 30.2 Å². The van der Waals surface area contributed by atoms with E-state index in [-0.39, 0.29) is 11.4 Å². The number of pyridine rings is 1. The van der Waals surface area contributed by atoms with E-state index in [9.17, 15) is 4.79 Å². The minimum Gasteiger partial charge on any atom is -0.478 e.